The van der Waals surface area contributed by atoms with Crippen LogP contribution in [0.5, 0.6) is 0 Å². The summed E-state index contributed by atoms with van der Waals surface area (Å²) in [6.45, 7) is 0.169. The number of hydrogen-bond acceptors (Lipinski definition) is 3. The van der Waals surface area contributed by atoms with Gasteiger partial charge < -0.3 is 5.73 Å². The van der Waals surface area contributed by atoms with Gasteiger partial charge in [-0.2, -0.15) is 4.31 Å². The highest BCUT2D eigenvalue weighted by Gasteiger charge is 2.39. The van der Waals surface area contributed by atoms with E-state index in [4.69, 9.17) is 17.3 Å². The molecule has 2 rings (SSSR count). The normalized spacial score (nSPS) is 20.6. The smallest absolute Gasteiger partial charge is 0.245 e. The van der Waals surface area contributed by atoms with E-state index in [-0.39, 0.29) is 16.5 Å². The van der Waals surface area contributed by atoms with Crippen LogP contribution in [0.15, 0.2) is 23.1 Å². The van der Waals surface area contributed by atoms with Crippen molar-refractivity contribution in [2.45, 2.75) is 23.8 Å². The van der Waals surface area contributed by atoms with Crippen molar-refractivity contribution in [2.75, 3.05) is 6.54 Å². The number of hydrogen-bond donors (Lipinski definition) is 1. The van der Waals surface area contributed by atoms with Crippen molar-refractivity contribution in [1.82, 2.24) is 4.31 Å². The number of nitrogens with two attached hydrogens (primary N) is 1. The molecule has 1 unspecified atom stereocenters. The number of carbonyl (C=O) groups is 1. The number of benzene rings is 1. The minimum absolute atomic E-state index is 0.0866. The summed E-state index contributed by atoms with van der Waals surface area (Å²) in [4.78, 5) is 10.9. The Bertz CT molecular complexity index is 620. The molecule has 1 aromatic rings. The SMILES string of the molecule is NC(=O)C1CCCN1S(=O)(=O)c1cc(F)ccc1Cl. The van der Waals surface area contributed by atoms with Crippen molar-refractivity contribution < 1.29 is 17.6 Å². The first-order chi connectivity index (χ1) is 8.84. The Labute approximate surface area is 115 Å². The molecule has 2 N–H and O–H groups in total. The highest BCUT2D eigenvalue weighted by Crippen LogP contribution is 2.30. The zero-order chi connectivity index (χ0) is 14.2. The van der Waals surface area contributed by atoms with E-state index in [9.17, 15) is 17.6 Å². The summed E-state index contributed by atoms with van der Waals surface area (Å²) >= 11 is 5.80. The van der Waals surface area contributed by atoms with Gasteiger partial charge in [0.15, 0.2) is 0 Å². The molecule has 1 aromatic carbocycles. The van der Waals surface area contributed by atoms with Gasteiger partial charge in [0.2, 0.25) is 15.9 Å². The maximum Gasteiger partial charge on any atom is 0.245 e. The van der Waals surface area contributed by atoms with Crippen LogP contribution in [0.2, 0.25) is 5.02 Å². The molecule has 104 valence electrons. The van der Waals surface area contributed by atoms with Crippen LogP contribution in [-0.2, 0) is 14.8 Å². The molecular formula is C11H12ClFN2O3S. The molecule has 19 heavy (non-hydrogen) atoms. The summed E-state index contributed by atoms with van der Waals surface area (Å²) in [5.41, 5.74) is 5.18. The molecule has 0 spiro atoms. The summed E-state index contributed by atoms with van der Waals surface area (Å²) in [6, 6.07) is 2.17. The van der Waals surface area contributed by atoms with Crippen LogP contribution in [-0.4, -0.2) is 31.2 Å². The molecule has 0 aliphatic carbocycles. The minimum Gasteiger partial charge on any atom is -0.368 e. The van der Waals surface area contributed by atoms with Gasteiger partial charge in [0.25, 0.3) is 0 Å². The number of amides is 1. The van der Waals surface area contributed by atoms with E-state index in [1.165, 1.54) is 6.07 Å². The summed E-state index contributed by atoms with van der Waals surface area (Å²) in [5.74, 6) is -1.42. The predicted octanol–water partition coefficient (Wildman–Crippen LogP) is 1.12. The van der Waals surface area contributed by atoms with Crippen LogP contribution in [0, 0.1) is 5.82 Å². The van der Waals surface area contributed by atoms with Crippen LogP contribution in [0.1, 0.15) is 12.8 Å². The largest absolute Gasteiger partial charge is 0.368 e. The van der Waals surface area contributed by atoms with Gasteiger partial charge in [0.05, 0.1) is 5.02 Å². The minimum atomic E-state index is -4.03. The summed E-state index contributed by atoms with van der Waals surface area (Å²) in [6.07, 6.45) is 0.890. The quantitative estimate of drug-likeness (QED) is 0.908. The average molecular weight is 307 g/mol. The zero-order valence-electron chi connectivity index (χ0n) is 9.84. The molecule has 0 radical (unpaired) electrons. The summed E-state index contributed by atoms with van der Waals surface area (Å²) in [7, 11) is -4.03. The molecule has 0 bridgehead atoms. The maximum absolute atomic E-state index is 13.2. The summed E-state index contributed by atoms with van der Waals surface area (Å²) < 4.78 is 38.9. The Hall–Kier alpha value is -1.18. The average Bonchev–Trinajstić information content (AvgIpc) is 2.82. The molecule has 1 heterocycles. The lowest BCUT2D eigenvalue weighted by Gasteiger charge is -2.22. The fourth-order valence-corrected chi connectivity index (χ4v) is 4.27. The van der Waals surface area contributed by atoms with Gasteiger partial charge in [0.1, 0.15) is 16.8 Å². The van der Waals surface area contributed by atoms with E-state index in [2.05, 4.69) is 0 Å². The molecule has 1 fully saturated rings. The molecule has 0 aromatic heterocycles. The molecule has 1 aliphatic heterocycles. The van der Waals surface area contributed by atoms with E-state index in [1.807, 2.05) is 0 Å². The Morgan fingerprint density at radius 1 is 1.47 bits per heavy atom. The first-order valence-electron chi connectivity index (χ1n) is 5.60. The van der Waals surface area contributed by atoms with Gasteiger partial charge in [0, 0.05) is 6.54 Å². The van der Waals surface area contributed by atoms with E-state index in [1.54, 1.807) is 0 Å². The van der Waals surface area contributed by atoms with Gasteiger partial charge in [-0.15, -0.1) is 0 Å². The van der Waals surface area contributed by atoms with Crippen molar-refractivity contribution in [1.29, 1.82) is 0 Å². The molecule has 1 atom stereocenters. The van der Waals surface area contributed by atoms with Crippen LogP contribution in [0.4, 0.5) is 4.39 Å². The monoisotopic (exact) mass is 306 g/mol. The molecule has 8 heteroatoms. The first kappa shape index (κ1) is 14.2. The summed E-state index contributed by atoms with van der Waals surface area (Å²) in [5, 5.41) is -0.0866. The van der Waals surface area contributed by atoms with Crippen LogP contribution >= 0.6 is 11.6 Å². The van der Waals surface area contributed by atoms with Gasteiger partial charge in [-0.05, 0) is 31.0 Å². The van der Waals surface area contributed by atoms with Gasteiger partial charge >= 0.3 is 0 Å². The van der Waals surface area contributed by atoms with Crippen molar-refractivity contribution in [3.05, 3.63) is 29.0 Å². The Kier molecular flexibility index (Phi) is 3.80. The van der Waals surface area contributed by atoms with Crippen molar-refractivity contribution >= 4 is 27.5 Å². The zero-order valence-corrected chi connectivity index (χ0v) is 11.4. The molecule has 5 nitrogen and oxygen atoms in total. The predicted molar refractivity (Wildman–Crippen MR) is 67.5 cm³/mol. The number of sulfonamides is 1. The number of nitrogens with zero attached hydrogens (tertiary/aromatic N) is 1. The van der Waals surface area contributed by atoms with E-state index in [0.717, 1.165) is 16.4 Å². The fourth-order valence-electron chi connectivity index (χ4n) is 2.11. The van der Waals surface area contributed by atoms with E-state index < -0.39 is 27.8 Å². The third kappa shape index (κ3) is 2.58. The van der Waals surface area contributed by atoms with Gasteiger partial charge in [-0.3, -0.25) is 4.79 Å². The molecular weight excluding hydrogens is 295 g/mol. The van der Waals surface area contributed by atoms with Crippen LogP contribution in [0.25, 0.3) is 0 Å². The van der Waals surface area contributed by atoms with Crippen LogP contribution in [0.3, 0.4) is 0 Å². The third-order valence-electron chi connectivity index (χ3n) is 3.01. The third-order valence-corrected chi connectivity index (χ3v) is 5.40. The number of primary amides is 1. The first-order valence-corrected chi connectivity index (χ1v) is 7.42. The Morgan fingerprint density at radius 2 is 2.16 bits per heavy atom. The lowest BCUT2D eigenvalue weighted by atomic mass is 10.2. The number of rotatable bonds is 3. The molecule has 0 saturated carbocycles. The van der Waals surface area contributed by atoms with Gasteiger partial charge in [-0.25, -0.2) is 12.8 Å². The van der Waals surface area contributed by atoms with Crippen molar-refractivity contribution in [3.8, 4) is 0 Å². The lowest BCUT2D eigenvalue weighted by molar-refractivity contribution is -0.121. The molecule has 1 amide bonds. The standard InChI is InChI=1S/C11H12ClFN2O3S/c12-8-4-3-7(13)6-10(8)19(17,18)15-5-1-2-9(15)11(14)16/h3-4,6,9H,1-2,5H2,(H2,14,16). The molecule has 1 aliphatic rings. The Morgan fingerprint density at radius 3 is 2.79 bits per heavy atom. The fraction of sp³-hybridized carbons (Fsp3) is 0.364. The van der Waals surface area contributed by atoms with Gasteiger partial charge in [-0.1, -0.05) is 11.6 Å². The highest BCUT2D eigenvalue weighted by atomic mass is 35.5. The van der Waals surface area contributed by atoms with Crippen molar-refractivity contribution in [3.63, 3.8) is 0 Å². The van der Waals surface area contributed by atoms with E-state index >= 15 is 0 Å². The van der Waals surface area contributed by atoms with Crippen molar-refractivity contribution in [2.24, 2.45) is 5.73 Å². The lowest BCUT2D eigenvalue weighted by Crippen LogP contribution is -2.43. The van der Waals surface area contributed by atoms with Crippen LogP contribution < -0.4 is 5.73 Å². The second-order valence-corrected chi connectivity index (χ2v) is 6.52. The number of halogens is 2. The highest BCUT2D eigenvalue weighted by molar-refractivity contribution is 7.89. The number of carbonyl (C=O) groups excluding carboxylic acids is 1. The second kappa shape index (κ2) is 5.07. The maximum atomic E-state index is 13.2. The topological polar surface area (TPSA) is 80.5 Å². The Balaban J connectivity index is 2.48. The second-order valence-electron chi connectivity index (χ2n) is 4.25. The van der Waals surface area contributed by atoms with E-state index in [0.29, 0.717) is 12.8 Å². The molecule has 1 saturated heterocycles.